The predicted octanol–water partition coefficient (Wildman–Crippen LogP) is 3.74. The molecule has 0 amide bonds. The highest BCUT2D eigenvalue weighted by Gasteiger charge is 2.25. The summed E-state index contributed by atoms with van der Waals surface area (Å²) < 4.78 is 24.3. The van der Waals surface area contributed by atoms with Gasteiger partial charge < -0.3 is 9.47 Å². The van der Waals surface area contributed by atoms with Crippen LogP contribution in [0.4, 0.5) is 4.39 Å². The van der Waals surface area contributed by atoms with Crippen molar-refractivity contribution in [3.8, 4) is 0 Å². The molecule has 2 rings (SSSR count). The first-order chi connectivity index (χ1) is 8.78. The van der Waals surface area contributed by atoms with E-state index >= 15 is 0 Å². The van der Waals surface area contributed by atoms with Crippen LogP contribution in [0, 0.1) is 11.8 Å². The number of methoxy groups -OCH3 is 1. The number of alkyl halides is 1. The first kappa shape index (κ1) is 14.3. The highest BCUT2D eigenvalue weighted by atomic mass is 19.1. The van der Waals surface area contributed by atoms with Crippen molar-refractivity contribution in [1.82, 2.24) is 0 Å². The Hall–Kier alpha value is -0.150. The molecule has 0 heterocycles. The minimum atomic E-state index is -0.554. The van der Waals surface area contributed by atoms with Crippen LogP contribution in [0.2, 0.25) is 0 Å². The van der Waals surface area contributed by atoms with Crippen molar-refractivity contribution in [2.45, 2.75) is 63.6 Å². The summed E-state index contributed by atoms with van der Waals surface area (Å²) in [4.78, 5) is 0. The maximum atomic E-state index is 13.0. The molecule has 2 aliphatic rings. The highest BCUT2D eigenvalue weighted by molar-refractivity contribution is 4.75. The number of rotatable bonds is 5. The smallest absolute Gasteiger partial charge is 0.100 e. The first-order valence-electron chi connectivity index (χ1n) is 7.52. The van der Waals surface area contributed by atoms with Crippen LogP contribution in [0.15, 0.2) is 0 Å². The monoisotopic (exact) mass is 258 g/mol. The Balaban J connectivity index is 1.63. The van der Waals surface area contributed by atoms with Crippen LogP contribution in [0.3, 0.4) is 0 Å². The van der Waals surface area contributed by atoms with Gasteiger partial charge in [-0.2, -0.15) is 0 Å². The Morgan fingerprint density at radius 1 is 0.944 bits per heavy atom. The van der Waals surface area contributed by atoms with Crippen molar-refractivity contribution in [3.63, 3.8) is 0 Å². The van der Waals surface area contributed by atoms with Gasteiger partial charge in [-0.15, -0.1) is 0 Å². The zero-order valence-corrected chi connectivity index (χ0v) is 11.6. The zero-order valence-electron chi connectivity index (χ0n) is 11.6. The van der Waals surface area contributed by atoms with Crippen molar-refractivity contribution >= 4 is 0 Å². The van der Waals surface area contributed by atoms with Gasteiger partial charge in [-0.3, -0.25) is 0 Å². The Bertz CT molecular complexity index is 225. The predicted molar refractivity (Wildman–Crippen MR) is 70.4 cm³/mol. The van der Waals surface area contributed by atoms with E-state index in [1.54, 1.807) is 7.11 Å². The van der Waals surface area contributed by atoms with E-state index in [0.717, 1.165) is 45.3 Å². The number of ether oxygens (including phenoxy) is 2. The summed E-state index contributed by atoms with van der Waals surface area (Å²) in [6, 6.07) is 0. The Labute approximate surface area is 110 Å². The number of halogens is 1. The van der Waals surface area contributed by atoms with Crippen molar-refractivity contribution < 1.29 is 13.9 Å². The second kappa shape index (κ2) is 7.44. The van der Waals surface area contributed by atoms with Crippen LogP contribution in [0.5, 0.6) is 0 Å². The fraction of sp³-hybridized carbons (Fsp3) is 1.00. The number of hydrogen-bond acceptors (Lipinski definition) is 2. The van der Waals surface area contributed by atoms with E-state index in [4.69, 9.17) is 9.47 Å². The third-order valence-electron chi connectivity index (χ3n) is 4.48. The molecule has 3 heteroatoms. The van der Waals surface area contributed by atoms with Gasteiger partial charge in [0, 0.05) is 20.3 Å². The van der Waals surface area contributed by atoms with E-state index in [-0.39, 0.29) is 0 Å². The van der Waals surface area contributed by atoms with E-state index in [0.29, 0.717) is 17.9 Å². The van der Waals surface area contributed by atoms with Gasteiger partial charge in [-0.25, -0.2) is 4.39 Å². The van der Waals surface area contributed by atoms with Crippen LogP contribution in [0.1, 0.15) is 51.4 Å². The van der Waals surface area contributed by atoms with Crippen LogP contribution in [-0.2, 0) is 9.47 Å². The van der Waals surface area contributed by atoms with Crippen molar-refractivity contribution in [3.05, 3.63) is 0 Å². The quantitative estimate of drug-likeness (QED) is 0.748. The standard InChI is InChI=1S/C15H27FO2/c1-17-10-13-3-2-4-15(9-13)18-11-12-5-7-14(16)8-6-12/h12-15H,2-11H2,1H3. The van der Waals surface area contributed by atoms with E-state index in [2.05, 4.69) is 0 Å². The van der Waals surface area contributed by atoms with Gasteiger partial charge in [0.05, 0.1) is 6.10 Å². The average Bonchev–Trinajstić information content (AvgIpc) is 2.39. The molecule has 2 saturated carbocycles. The highest BCUT2D eigenvalue weighted by Crippen LogP contribution is 2.30. The molecule has 0 aliphatic heterocycles. The van der Waals surface area contributed by atoms with Gasteiger partial charge in [0.2, 0.25) is 0 Å². The number of hydrogen-bond donors (Lipinski definition) is 0. The second-order valence-corrected chi connectivity index (χ2v) is 6.06. The molecule has 18 heavy (non-hydrogen) atoms. The summed E-state index contributed by atoms with van der Waals surface area (Å²) in [6.45, 7) is 1.71. The van der Waals surface area contributed by atoms with Crippen molar-refractivity contribution in [2.24, 2.45) is 11.8 Å². The molecule has 2 unspecified atom stereocenters. The topological polar surface area (TPSA) is 18.5 Å². The molecule has 0 bridgehead atoms. The van der Waals surface area contributed by atoms with E-state index in [9.17, 15) is 4.39 Å². The van der Waals surface area contributed by atoms with Crippen molar-refractivity contribution in [1.29, 1.82) is 0 Å². The van der Waals surface area contributed by atoms with E-state index < -0.39 is 6.17 Å². The third kappa shape index (κ3) is 4.51. The molecule has 2 atom stereocenters. The van der Waals surface area contributed by atoms with Gasteiger partial charge in [0.15, 0.2) is 0 Å². The molecular weight excluding hydrogens is 231 g/mol. The van der Waals surface area contributed by atoms with Crippen LogP contribution in [-0.4, -0.2) is 32.6 Å². The summed E-state index contributed by atoms with van der Waals surface area (Å²) in [6.07, 6.45) is 8.24. The lowest BCUT2D eigenvalue weighted by atomic mass is 9.87. The van der Waals surface area contributed by atoms with Gasteiger partial charge in [-0.1, -0.05) is 6.42 Å². The normalized spacial score (nSPS) is 37.7. The van der Waals surface area contributed by atoms with Crippen LogP contribution >= 0.6 is 0 Å². The second-order valence-electron chi connectivity index (χ2n) is 6.06. The summed E-state index contributed by atoms with van der Waals surface area (Å²) in [7, 11) is 1.78. The lowest BCUT2D eigenvalue weighted by Gasteiger charge is -2.31. The van der Waals surface area contributed by atoms with Gasteiger partial charge in [0.1, 0.15) is 6.17 Å². The molecular formula is C15H27FO2. The Kier molecular flexibility index (Phi) is 5.90. The Morgan fingerprint density at radius 2 is 1.72 bits per heavy atom. The average molecular weight is 258 g/mol. The van der Waals surface area contributed by atoms with Gasteiger partial charge >= 0.3 is 0 Å². The summed E-state index contributed by atoms with van der Waals surface area (Å²) in [5.74, 6) is 1.27. The zero-order chi connectivity index (χ0) is 12.8. The molecule has 0 radical (unpaired) electrons. The largest absolute Gasteiger partial charge is 0.384 e. The molecule has 2 nitrogen and oxygen atoms in total. The van der Waals surface area contributed by atoms with Crippen LogP contribution in [0.25, 0.3) is 0 Å². The molecule has 106 valence electrons. The molecule has 0 aromatic carbocycles. The lowest BCUT2D eigenvalue weighted by Crippen LogP contribution is -2.28. The molecule has 0 N–H and O–H groups in total. The molecule has 0 aromatic heterocycles. The third-order valence-corrected chi connectivity index (χ3v) is 4.48. The van der Waals surface area contributed by atoms with E-state index in [1.165, 1.54) is 19.3 Å². The fourth-order valence-corrected chi connectivity index (χ4v) is 3.34. The SMILES string of the molecule is COCC1CCCC(OCC2CCC(F)CC2)C1. The lowest BCUT2D eigenvalue weighted by molar-refractivity contribution is -0.0238. The molecule has 0 aromatic rings. The molecule has 0 saturated heterocycles. The minimum absolute atomic E-state index is 0.419. The summed E-state index contributed by atoms with van der Waals surface area (Å²) >= 11 is 0. The molecule has 2 aliphatic carbocycles. The van der Waals surface area contributed by atoms with Crippen LogP contribution < -0.4 is 0 Å². The summed E-state index contributed by atoms with van der Waals surface area (Å²) in [5.41, 5.74) is 0. The first-order valence-corrected chi connectivity index (χ1v) is 7.52. The maximum Gasteiger partial charge on any atom is 0.100 e. The maximum absolute atomic E-state index is 13.0. The molecule has 0 spiro atoms. The van der Waals surface area contributed by atoms with Crippen molar-refractivity contribution in [2.75, 3.05) is 20.3 Å². The van der Waals surface area contributed by atoms with Gasteiger partial charge in [-0.05, 0) is 56.8 Å². The van der Waals surface area contributed by atoms with E-state index in [1.807, 2.05) is 0 Å². The van der Waals surface area contributed by atoms with Gasteiger partial charge in [0.25, 0.3) is 0 Å². The molecule has 2 fully saturated rings. The minimum Gasteiger partial charge on any atom is -0.384 e. The summed E-state index contributed by atoms with van der Waals surface area (Å²) in [5, 5.41) is 0. The fourth-order valence-electron chi connectivity index (χ4n) is 3.34. The Morgan fingerprint density at radius 3 is 2.44 bits per heavy atom.